The predicted octanol–water partition coefficient (Wildman–Crippen LogP) is 8.44. The number of aromatic nitrogens is 1. The minimum atomic E-state index is -3.17. The highest BCUT2D eigenvalue weighted by atomic mass is 31.2. The van der Waals surface area contributed by atoms with Gasteiger partial charge >= 0.3 is 0 Å². The van der Waals surface area contributed by atoms with Gasteiger partial charge in [0.25, 0.3) is 0 Å². The number of hydrogen-bond acceptors (Lipinski definition) is 2. The Balaban J connectivity index is 1.37. The Morgan fingerprint density at radius 1 is 0.462 bits per heavy atom. The zero-order valence-electron chi connectivity index (χ0n) is 21.0. The maximum atomic E-state index is 15.5. The van der Waals surface area contributed by atoms with Crippen LogP contribution in [0.15, 0.2) is 140 Å². The van der Waals surface area contributed by atoms with Crippen LogP contribution in [0.3, 0.4) is 0 Å². The average molecular weight is 519 g/mol. The largest absolute Gasteiger partial charge is 0.289 e. The van der Waals surface area contributed by atoms with Gasteiger partial charge in [-0.3, -0.25) is 14.2 Å². The molecule has 1 aromatic heterocycles. The van der Waals surface area contributed by atoms with Gasteiger partial charge in [-0.05, 0) is 81.9 Å². The number of anilines is 2. The van der Waals surface area contributed by atoms with E-state index in [0.29, 0.717) is 0 Å². The molecule has 0 fully saturated rings. The first-order valence-electron chi connectivity index (χ1n) is 13.1. The van der Waals surface area contributed by atoms with Gasteiger partial charge in [0.15, 0.2) is 0 Å². The molecule has 184 valence electrons. The third kappa shape index (κ3) is 3.17. The molecule has 0 saturated carbocycles. The van der Waals surface area contributed by atoms with Gasteiger partial charge in [0, 0.05) is 34.1 Å². The Kier molecular flexibility index (Phi) is 4.79. The molecule has 0 saturated heterocycles. The standard InChI is InChI=1S/C35H23N2OP/c38-39-34-14-5-2-11-29(34)28-10-1-4-13-32(28)37(39)33-17-16-27(23-31(33)30-12-3-6-15-35(30)39)26-9-7-8-25(22-26)24-18-20-36-21-19-24/h1-23H. The van der Waals surface area contributed by atoms with Gasteiger partial charge in [0.2, 0.25) is 7.29 Å². The summed E-state index contributed by atoms with van der Waals surface area (Å²) in [5, 5.41) is 1.79. The van der Waals surface area contributed by atoms with Gasteiger partial charge in [-0.1, -0.05) is 78.9 Å². The zero-order chi connectivity index (χ0) is 26.0. The summed E-state index contributed by atoms with van der Waals surface area (Å²) in [5.41, 5.74) is 10.8. The predicted molar refractivity (Wildman–Crippen MR) is 161 cm³/mol. The second-order valence-corrected chi connectivity index (χ2v) is 12.5. The summed E-state index contributed by atoms with van der Waals surface area (Å²) in [6.45, 7) is 0. The SMILES string of the molecule is O=P12c3ccccc3-c3ccccc3N1c1ccc(-c3cccc(-c4ccncc4)c3)cc1-c1ccccc12. The molecule has 0 radical (unpaired) electrons. The quantitative estimate of drug-likeness (QED) is 0.216. The molecule has 39 heavy (non-hydrogen) atoms. The number of pyridine rings is 1. The fourth-order valence-corrected chi connectivity index (χ4v) is 9.40. The smallest absolute Gasteiger partial charge is 0.235 e. The normalized spacial score (nSPS) is 16.4. The van der Waals surface area contributed by atoms with Crippen molar-refractivity contribution in [2.75, 3.05) is 4.67 Å². The van der Waals surface area contributed by atoms with Crippen molar-refractivity contribution < 1.29 is 4.57 Å². The maximum Gasteiger partial charge on any atom is 0.235 e. The molecule has 8 rings (SSSR count). The van der Waals surface area contributed by atoms with Gasteiger partial charge < -0.3 is 0 Å². The van der Waals surface area contributed by atoms with Gasteiger partial charge in [-0.2, -0.15) is 0 Å². The van der Waals surface area contributed by atoms with Crippen molar-refractivity contribution >= 4 is 29.3 Å². The van der Waals surface area contributed by atoms with Crippen molar-refractivity contribution in [2.45, 2.75) is 0 Å². The fraction of sp³-hybridized carbons (Fsp3) is 0. The van der Waals surface area contributed by atoms with E-state index < -0.39 is 7.29 Å². The van der Waals surface area contributed by atoms with Crippen LogP contribution < -0.4 is 15.3 Å². The monoisotopic (exact) mass is 518 g/mol. The van der Waals surface area contributed by atoms with Crippen LogP contribution in [0.25, 0.3) is 44.5 Å². The first-order chi connectivity index (χ1) is 19.2. The van der Waals surface area contributed by atoms with E-state index in [1.165, 1.54) is 0 Å². The van der Waals surface area contributed by atoms with E-state index in [1.54, 1.807) is 0 Å². The summed E-state index contributed by atoms with van der Waals surface area (Å²) in [4.78, 5) is 4.16. The Hall–Kier alpha value is -4.72. The van der Waals surface area contributed by atoms with Gasteiger partial charge in [-0.25, -0.2) is 0 Å². The first kappa shape index (κ1) is 22.3. The number of nitrogens with zero attached hydrogens (tertiary/aromatic N) is 2. The molecule has 0 amide bonds. The third-order valence-corrected chi connectivity index (χ3v) is 11.0. The van der Waals surface area contributed by atoms with Crippen LogP contribution in [0.5, 0.6) is 0 Å². The lowest BCUT2D eigenvalue weighted by atomic mass is 9.94. The highest BCUT2D eigenvalue weighted by Crippen LogP contribution is 2.65. The topological polar surface area (TPSA) is 33.2 Å². The molecule has 4 heteroatoms. The molecule has 0 aliphatic carbocycles. The molecule has 3 heterocycles. The minimum Gasteiger partial charge on any atom is -0.289 e. The van der Waals surface area contributed by atoms with Crippen LogP contribution in [-0.2, 0) is 4.57 Å². The highest BCUT2D eigenvalue weighted by molar-refractivity contribution is 7.81. The third-order valence-electron chi connectivity index (χ3n) is 7.89. The van der Waals surface area contributed by atoms with E-state index in [-0.39, 0.29) is 0 Å². The van der Waals surface area contributed by atoms with Crippen molar-refractivity contribution in [3.8, 4) is 44.5 Å². The van der Waals surface area contributed by atoms with Crippen LogP contribution >= 0.6 is 7.29 Å². The number of rotatable bonds is 2. The summed E-state index contributed by atoms with van der Waals surface area (Å²) >= 11 is 0. The molecule has 6 aromatic rings. The molecule has 5 aromatic carbocycles. The summed E-state index contributed by atoms with van der Waals surface area (Å²) in [6.07, 6.45) is 3.65. The van der Waals surface area contributed by atoms with Crippen LogP contribution in [0, 0.1) is 0 Å². The molecule has 2 aliphatic heterocycles. The summed E-state index contributed by atoms with van der Waals surface area (Å²) < 4.78 is 17.6. The van der Waals surface area contributed by atoms with Gasteiger partial charge in [0.1, 0.15) is 0 Å². The van der Waals surface area contributed by atoms with Crippen molar-refractivity contribution in [1.29, 1.82) is 0 Å². The zero-order valence-corrected chi connectivity index (χ0v) is 21.9. The Morgan fingerprint density at radius 3 is 1.77 bits per heavy atom. The van der Waals surface area contributed by atoms with Crippen LogP contribution in [0.1, 0.15) is 0 Å². The summed E-state index contributed by atoms with van der Waals surface area (Å²) in [6, 6.07) is 44.0. The van der Waals surface area contributed by atoms with Crippen molar-refractivity contribution in [2.24, 2.45) is 0 Å². The summed E-state index contributed by atoms with van der Waals surface area (Å²) in [5.74, 6) is 0. The molecule has 0 spiro atoms. The maximum absolute atomic E-state index is 15.5. The van der Waals surface area contributed by atoms with Crippen LogP contribution in [-0.4, -0.2) is 4.98 Å². The van der Waals surface area contributed by atoms with E-state index in [2.05, 4.69) is 82.5 Å². The lowest BCUT2D eigenvalue weighted by Gasteiger charge is -2.44. The molecule has 3 nitrogen and oxygen atoms in total. The van der Waals surface area contributed by atoms with Crippen LogP contribution in [0.2, 0.25) is 0 Å². The molecule has 0 N–H and O–H groups in total. The van der Waals surface area contributed by atoms with E-state index in [0.717, 1.165) is 66.5 Å². The molecular formula is C35H23N2OP. The van der Waals surface area contributed by atoms with Gasteiger partial charge in [0.05, 0.1) is 11.4 Å². The van der Waals surface area contributed by atoms with E-state index in [4.69, 9.17) is 0 Å². The molecule has 1 atom stereocenters. The Labute approximate surface area is 227 Å². The second-order valence-electron chi connectivity index (χ2n) is 9.99. The van der Waals surface area contributed by atoms with Crippen molar-refractivity contribution in [3.05, 3.63) is 140 Å². The molecule has 1 unspecified atom stereocenters. The highest BCUT2D eigenvalue weighted by Gasteiger charge is 2.47. The Bertz CT molecular complexity index is 1960. The number of para-hydroxylation sites is 1. The number of hydrogen-bond donors (Lipinski definition) is 0. The van der Waals surface area contributed by atoms with E-state index in [1.807, 2.05) is 67.0 Å². The first-order valence-corrected chi connectivity index (χ1v) is 14.7. The van der Waals surface area contributed by atoms with E-state index >= 15 is 4.57 Å². The minimum absolute atomic E-state index is 0.891. The van der Waals surface area contributed by atoms with Crippen molar-refractivity contribution in [1.82, 2.24) is 4.98 Å². The van der Waals surface area contributed by atoms with Crippen LogP contribution in [0.4, 0.5) is 11.4 Å². The molecular weight excluding hydrogens is 495 g/mol. The number of benzene rings is 5. The number of fused-ring (bicyclic) bond motifs is 11. The molecule has 0 bridgehead atoms. The van der Waals surface area contributed by atoms with E-state index in [9.17, 15) is 0 Å². The fourth-order valence-electron chi connectivity index (χ4n) is 6.13. The van der Waals surface area contributed by atoms with Gasteiger partial charge in [-0.15, -0.1) is 0 Å². The second kappa shape index (κ2) is 8.39. The lowest BCUT2D eigenvalue weighted by Crippen LogP contribution is -2.37. The lowest BCUT2D eigenvalue weighted by molar-refractivity contribution is 0.586. The molecule has 2 aliphatic rings. The van der Waals surface area contributed by atoms with Crippen molar-refractivity contribution in [3.63, 3.8) is 0 Å². The summed E-state index contributed by atoms with van der Waals surface area (Å²) in [7, 11) is -3.17. The average Bonchev–Trinajstić information content (AvgIpc) is 3.02. The Morgan fingerprint density at radius 2 is 1.03 bits per heavy atom.